The van der Waals surface area contributed by atoms with Gasteiger partial charge in [-0.15, -0.1) is 0 Å². The van der Waals surface area contributed by atoms with Gasteiger partial charge in [0.15, 0.2) is 0 Å². The molecule has 0 aromatic rings. The van der Waals surface area contributed by atoms with Crippen molar-refractivity contribution < 1.29 is 4.79 Å². The topological polar surface area (TPSA) is 55.4 Å². The third-order valence-corrected chi connectivity index (χ3v) is 1.82. The van der Waals surface area contributed by atoms with Crippen molar-refractivity contribution in [2.24, 2.45) is 10.7 Å². The van der Waals surface area contributed by atoms with Gasteiger partial charge in [-0.3, -0.25) is 0 Å². The first-order valence-corrected chi connectivity index (χ1v) is 4.63. The second kappa shape index (κ2) is 8.44. The molecule has 0 radical (unpaired) electrons. The molecule has 0 saturated carbocycles. The summed E-state index contributed by atoms with van der Waals surface area (Å²) in [6.07, 6.45) is 7.99. The van der Waals surface area contributed by atoms with Crippen LogP contribution in [0.15, 0.2) is 4.99 Å². The molecule has 12 heavy (non-hydrogen) atoms. The number of unbranched alkanes of at least 4 members (excludes halogenated alkanes) is 4. The Labute approximate surface area is 74.1 Å². The average molecular weight is 170 g/mol. The molecule has 0 heterocycles. The molecule has 1 unspecified atom stereocenters. The van der Waals surface area contributed by atoms with Crippen LogP contribution in [0.3, 0.4) is 0 Å². The van der Waals surface area contributed by atoms with Crippen LogP contribution in [0.1, 0.15) is 45.4 Å². The summed E-state index contributed by atoms with van der Waals surface area (Å²) in [4.78, 5) is 13.2. The van der Waals surface area contributed by atoms with Gasteiger partial charge in [0.1, 0.15) is 6.17 Å². The average Bonchev–Trinajstić information content (AvgIpc) is 2.05. The monoisotopic (exact) mass is 170 g/mol. The number of nitrogens with zero attached hydrogens (tertiary/aromatic N) is 1. The Hall–Kier alpha value is -0.660. The molecule has 0 fully saturated rings. The highest BCUT2D eigenvalue weighted by Crippen LogP contribution is 2.06. The van der Waals surface area contributed by atoms with Crippen LogP contribution in [-0.4, -0.2) is 12.2 Å². The standard InChI is InChI=1S/C9H18N2O/c1-2-3-4-5-6-7-9(10)11-8-12/h9H,2-7,10H2,1H3. The largest absolute Gasteiger partial charge is 0.309 e. The zero-order valence-corrected chi connectivity index (χ0v) is 7.75. The van der Waals surface area contributed by atoms with Gasteiger partial charge in [0, 0.05) is 0 Å². The van der Waals surface area contributed by atoms with Crippen LogP contribution in [0.2, 0.25) is 0 Å². The lowest BCUT2D eigenvalue weighted by molar-refractivity contribution is 0.533. The van der Waals surface area contributed by atoms with Crippen LogP contribution in [0, 0.1) is 0 Å². The maximum absolute atomic E-state index is 9.78. The molecular formula is C9H18N2O. The molecular weight excluding hydrogens is 152 g/mol. The van der Waals surface area contributed by atoms with Gasteiger partial charge in [0.2, 0.25) is 6.08 Å². The van der Waals surface area contributed by atoms with E-state index in [4.69, 9.17) is 5.73 Å². The number of hydrogen-bond donors (Lipinski definition) is 1. The summed E-state index contributed by atoms with van der Waals surface area (Å²) in [6.45, 7) is 2.18. The van der Waals surface area contributed by atoms with Gasteiger partial charge in [-0.2, -0.15) is 4.99 Å². The number of hydrogen-bond acceptors (Lipinski definition) is 3. The van der Waals surface area contributed by atoms with E-state index in [1.165, 1.54) is 31.8 Å². The molecule has 2 N–H and O–H groups in total. The van der Waals surface area contributed by atoms with Crippen LogP contribution in [0.4, 0.5) is 0 Å². The molecule has 0 aromatic heterocycles. The van der Waals surface area contributed by atoms with E-state index in [9.17, 15) is 4.79 Å². The Morgan fingerprint density at radius 3 is 2.58 bits per heavy atom. The predicted octanol–water partition coefficient (Wildman–Crippen LogP) is 1.97. The highest BCUT2D eigenvalue weighted by atomic mass is 16.1. The Morgan fingerprint density at radius 1 is 1.33 bits per heavy atom. The molecule has 0 bridgehead atoms. The normalized spacial score (nSPS) is 12.2. The summed E-state index contributed by atoms with van der Waals surface area (Å²) in [5.41, 5.74) is 5.47. The number of isocyanates is 1. The summed E-state index contributed by atoms with van der Waals surface area (Å²) < 4.78 is 0. The van der Waals surface area contributed by atoms with Crippen molar-refractivity contribution in [1.29, 1.82) is 0 Å². The summed E-state index contributed by atoms with van der Waals surface area (Å²) in [5.74, 6) is 0. The van der Waals surface area contributed by atoms with E-state index in [0.717, 1.165) is 12.8 Å². The van der Waals surface area contributed by atoms with E-state index in [-0.39, 0.29) is 6.17 Å². The third kappa shape index (κ3) is 7.45. The summed E-state index contributed by atoms with van der Waals surface area (Å²) >= 11 is 0. The quantitative estimate of drug-likeness (QED) is 0.361. The van der Waals surface area contributed by atoms with Crippen molar-refractivity contribution in [2.45, 2.75) is 51.6 Å². The first-order valence-electron chi connectivity index (χ1n) is 4.63. The lowest BCUT2D eigenvalue weighted by Crippen LogP contribution is -2.16. The molecule has 0 amide bonds. The first-order chi connectivity index (χ1) is 5.81. The molecule has 3 heteroatoms. The minimum Gasteiger partial charge on any atom is -0.309 e. The van der Waals surface area contributed by atoms with Gasteiger partial charge in [0.25, 0.3) is 0 Å². The molecule has 0 rings (SSSR count). The van der Waals surface area contributed by atoms with E-state index >= 15 is 0 Å². The van der Waals surface area contributed by atoms with Gasteiger partial charge >= 0.3 is 0 Å². The zero-order chi connectivity index (χ0) is 9.23. The van der Waals surface area contributed by atoms with Crippen LogP contribution in [0.25, 0.3) is 0 Å². The number of aliphatic imine (C=N–C) groups is 1. The van der Waals surface area contributed by atoms with Gasteiger partial charge in [0.05, 0.1) is 0 Å². The molecule has 1 atom stereocenters. The van der Waals surface area contributed by atoms with E-state index in [0.29, 0.717) is 0 Å². The SMILES string of the molecule is CCCCCCCC(N)N=C=O. The number of rotatable bonds is 7. The van der Waals surface area contributed by atoms with Gasteiger partial charge in [-0.1, -0.05) is 32.6 Å². The van der Waals surface area contributed by atoms with E-state index in [1.807, 2.05) is 0 Å². The van der Waals surface area contributed by atoms with Crippen molar-refractivity contribution >= 4 is 6.08 Å². The first kappa shape index (κ1) is 11.3. The fraction of sp³-hybridized carbons (Fsp3) is 0.889. The lowest BCUT2D eigenvalue weighted by Gasteiger charge is -2.02. The highest BCUT2D eigenvalue weighted by Gasteiger charge is 1.97. The Kier molecular flexibility index (Phi) is 7.97. The summed E-state index contributed by atoms with van der Waals surface area (Å²) in [5, 5.41) is 0. The number of nitrogens with two attached hydrogens (primary N) is 1. The third-order valence-electron chi connectivity index (χ3n) is 1.82. The molecule has 0 aliphatic heterocycles. The summed E-state index contributed by atoms with van der Waals surface area (Å²) in [7, 11) is 0. The Bertz CT molecular complexity index is 141. The zero-order valence-electron chi connectivity index (χ0n) is 7.75. The van der Waals surface area contributed by atoms with Gasteiger partial charge in [-0.25, -0.2) is 4.79 Å². The fourth-order valence-electron chi connectivity index (χ4n) is 1.09. The Balaban J connectivity index is 3.13. The molecule has 0 aromatic carbocycles. The van der Waals surface area contributed by atoms with Crippen molar-refractivity contribution in [3.8, 4) is 0 Å². The van der Waals surface area contributed by atoms with Crippen LogP contribution in [-0.2, 0) is 4.79 Å². The fourth-order valence-corrected chi connectivity index (χ4v) is 1.09. The van der Waals surface area contributed by atoms with Crippen LogP contribution >= 0.6 is 0 Å². The van der Waals surface area contributed by atoms with Crippen LogP contribution in [0.5, 0.6) is 0 Å². The predicted molar refractivity (Wildman–Crippen MR) is 49.5 cm³/mol. The Morgan fingerprint density at radius 2 is 2.00 bits per heavy atom. The van der Waals surface area contributed by atoms with Gasteiger partial charge < -0.3 is 5.73 Å². The number of carbonyl (C=O) groups excluding carboxylic acids is 1. The molecule has 3 nitrogen and oxygen atoms in total. The minimum absolute atomic E-state index is 0.330. The van der Waals surface area contributed by atoms with Crippen molar-refractivity contribution in [1.82, 2.24) is 0 Å². The van der Waals surface area contributed by atoms with E-state index in [1.54, 1.807) is 0 Å². The second-order valence-corrected chi connectivity index (χ2v) is 2.99. The molecule has 0 aliphatic carbocycles. The van der Waals surface area contributed by atoms with Crippen molar-refractivity contribution in [3.05, 3.63) is 0 Å². The molecule has 0 saturated heterocycles. The minimum atomic E-state index is -0.330. The smallest absolute Gasteiger partial charge is 0.236 e. The second-order valence-electron chi connectivity index (χ2n) is 2.99. The maximum Gasteiger partial charge on any atom is 0.236 e. The lowest BCUT2D eigenvalue weighted by atomic mass is 10.1. The van der Waals surface area contributed by atoms with E-state index in [2.05, 4.69) is 11.9 Å². The van der Waals surface area contributed by atoms with Gasteiger partial charge in [-0.05, 0) is 12.8 Å². The van der Waals surface area contributed by atoms with E-state index < -0.39 is 0 Å². The van der Waals surface area contributed by atoms with Crippen molar-refractivity contribution in [2.75, 3.05) is 0 Å². The van der Waals surface area contributed by atoms with Crippen molar-refractivity contribution in [3.63, 3.8) is 0 Å². The molecule has 0 spiro atoms. The molecule has 0 aliphatic rings. The summed E-state index contributed by atoms with van der Waals surface area (Å²) in [6, 6.07) is 0. The van der Waals surface area contributed by atoms with Crippen LogP contribution < -0.4 is 5.73 Å². The highest BCUT2D eigenvalue weighted by molar-refractivity contribution is 5.33. The maximum atomic E-state index is 9.78. The molecule has 70 valence electrons.